The van der Waals surface area contributed by atoms with Crippen molar-refractivity contribution in [1.82, 2.24) is 19.4 Å². The molecule has 1 aliphatic rings. The van der Waals surface area contributed by atoms with Gasteiger partial charge in [-0.25, -0.2) is 9.97 Å². The van der Waals surface area contributed by atoms with Crippen molar-refractivity contribution in [2.45, 2.75) is 31.5 Å². The van der Waals surface area contributed by atoms with Crippen molar-refractivity contribution in [2.75, 3.05) is 37.4 Å². The number of rotatable bonds is 6. The number of carbonyl (C=O) groups is 1. The molecule has 0 spiro atoms. The molecule has 3 heterocycles. The number of nitrogens with one attached hydrogen (secondary N) is 1. The van der Waals surface area contributed by atoms with Crippen molar-refractivity contribution in [3.63, 3.8) is 0 Å². The first-order chi connectivity index (χ1) is 18.2. The first-order valence-electron chi connectivity index (χ1n) is 12.5. The number of anilines is 2. The molecule has 7 nitrogen and oxygen atoms in total. The number of likely N-dealkylation sites (tertiary alicyclic amines) is 1. The average molecular weight is 523 g/mol. The molecule has 0 atom stereocenters. The summed E-state index contributed by atoms with van der Waals surface area (Å²) >= 11 is 0. The molecule has 0 aliphatic carbocycles. The number of halogens is 3. The lowest BCUT2D eigenvalue weighted by Crippen LogP contribution is -2.42. The monoisotopic (exact) mass is 522 g/mol. The number of carbonyl (C=O) groups excluding carboxylic acids is 1. The van der Waals surface area contributed by atoms with Gasteiger partial charge in [-0.1, -0.05) is 12.1 Å². The third-order valence-corrected chi connectivity index (χ3v) is 7.06. The van der Waals surface area contributed by atoms with Crippen LogP contribution < -0.4 is 10.2 Å². The summed E-state index contributed by atoms with van der Waals surface area (Å²) in [5.41, 5.74) is 2.87. The predicted molar refractivity (Wildman–Crippen MR) is 142 cm³/mol. The molecule has 198 valence electrons. The highest BCUT2D eigenvalue weighted by atomic mass is 19.4. The molecule has 2 aromatic carbocycles. The van der Waals surface area contributed by atoms with Gasteiger partial charge in [0, 0.05) is 36.3 Å². The Kier molecular flexibility index (Phi) is 7.07. The molecule has 1 saturated heterocycles. The lowest BCUT2D eigenvalue weighted by molar-refractivity contribution is -0.137. The minimum atomic E-state index is -4.52. The highest BCUT2D eigenvalue weighted by Gasteiger charge is 2.32. The molecular formula is C28H29F3N6O. The van der Waals surface area contributed by atoms with Gasteiger partial charge in [0.15, 0.2) is 5.65 Å². The molecular weight excluding hydrogens is 493 g/mol. The number of hydrogen-bond acceptors (Lipinski definition) is 5. The fraction of sp³-hybridized carbons (Fsp3) is 0.321. The van der Waals surface area contributed by atoms with Crippen molar-refractivity contribution in [1.29, 1.82) is 0 Å². The van der Waals surface area contributed by atoms with E-state index in [1.807, 2.05) is 60.0 Å². The molecule has 2 aromatic heterocycles. The molecule has 0 saturated carbocycles. The van der Waals surface area contributed by atoms with Gasteiger partial charge in [0.05, 0.1) is 12.0 Å². The Morgan fingerprint density at radius 1 is 1.08 bits per heavy atom. The Balaban J connectivity index is 1.31. The number of hydrogen-bond donors (Lipinski definition) is 1. The van der Waals surface area contributed by atoms with Crippen LogP contribution in [0.5, 0.6) is 0 Å². The number of piperidine rings is 1. The first-order valence-corrected chi connectivity index (χ1v) is 12.5. The fourth-order valence-electron chi connectivity index (χ4n) is 4.85. The van der Waals surface area contributed by atoms with E-state index >= 15 is 0 Å². The maximum absolute atomic E-state index is 13.7. The van der Waals surface area contributed by atoms with Crippen molar-refractivity contribution >= 4 is 28.4 Å². The molecule has 10 heteroatoms. The number of pyridine rings is 1. The second-order valence-electron chi connectivity index (χ2n) is 9.76. The van der Waals surface area contributed by atoms with E-state index in [4.69, 9.17) is 0 Å². The quantitative estimate of drug-likeness (QED) is 0.379. The van der Waals surface area contributed by atoms with E-state index in [-0.39, 0.29) is 24.1 Å². The number of benzene rings is 2. The van der Waals surface area contributed by atoms with Crippen LogP contribution in [0.25, 0.3) is 16.9 Å². The molecule has 1 amide bonds. The summed E-state index contributed by atoms with van der Waals surface area (Å²) in [6.45, 7) is 1.79. The molecule has 38 heavy (non-hydrogen) atoms. The van der Waals surface area contributed by atoms with E-state index in [9.17, 15) is 18.0 Å². The van der Waals surface area contributed by atoms with Crippen LogP contribution in [0.4, 0.5) is 24.5 Å². The van der Waals surface area contributed by atoms with Gasteiger partial charge in [0.1, 0.15) is 11.8 Å². The van der Waals surface area contributed by atoms with Crippen LogP contribution in [0.3, 0.4) is 0 Å². The predicted octanol–water partition coefficient (Wildman–Crippen LogP) is 5.15. The molecule has 0 unspecified atom stereocenters. The number of imidazole rings is 1. The maximum atomic E-state index is 13.7. The number of alkyl halides is 3. The maximum Gasteiger partial charge on any atom is 0.416 e. The van der Waals surface area contributed by atoms with Crippen LogP contribution in [-0.2, 0) is 17.4 Å². The summed E-state index contributed by atoms with van der Waals surface area (Å²) in [5.74, 6) is -0.389. The van der Waals surface area contributed by atoms with Gasteiger partial charge in [-0.2, -0.15) is 13.2 Å². The van der Waals surface area contributed by atoms with Crippen LogP contribution in [0.2, 0.25) is 0 Å². The third kappa shape index (κ3) is 5.65. The normalized spacial score (nSPS) is 15.1. The van der Waals surface area contributed by atoms with Crippen LogP contribution >= 0.6 is 0 Å². The summed E-state index contributed by atoms with van der Waals surface area (Å²) in [4.78, 5) is 25.6. The van der Waals surface area contributed by atoms with Gasteiger partial charge in [0.2, 0.25) is 5.91 Å². The van der Waals surface area contributed by atoms with Crippen LogP contribution in [-0.4, -0.2) is 58.6 Å². The zero-order valence-electron chi connectivity index (χ0n) is 21.2. The van der Waals surface area contributed by atoms with Crippen LogP contribution in [0, 0.1) is 0 Å². The molecule has 1 N–H and O–H groups in total. The summed E-state index contributed by atoms with van der Waals surface area (Å²) in [6, 6.07) is 14.9. The smallest absolute Gasteiger partial charge is 0.371 e. The summed E-state index contributed by atoms with van der Waals surface area (Å²) in [7, 11) is 3.86. The Morgan fingerprint density at radius 3 is 2.53 bits per heavy atom. The molecule has 0 bridgehead atoms. The van der Waals surface area contributed by atoms with Gasteiger partial charge in [-0.05, 0) is 81.0 Å². The van der Waals surface area contributed by atoms with Crippen LogP contribution in [0.1, 0.15) is 24.0 Å². The van der Waals surface area contributed by atoms with E-state index in [2.05, 4.69) is 20.2 Å². The first kappa shape index (κ1) is 25.7. The number of amides is 1. The lowest BCUT2D eigenvalue weighted by Gasteiger charge is -2.36. The molecule has 1 aliphatic heterocycles. The summed E-state index contributed by atoms with van der Waals surface area (Å²) in [6.07, 6.45) is 0.625. The van der Waals surface area contributed by atoms with Gasteiger partial charge >= 0.3 is 6.18 Å². The Labute approximate surface area is 218 Å². The van der Waals surface area contributed by atoms with Gasteiger partial charge < -0.3 is 15.1 Å². The van der Waals surface area contributed by atoms with Gasteiger partial charge in [-0.15, -0.1) is 0 Å². The minimum Gasteiger partial charge on any atom is -0.371 e. The van der Waals surface area contributed by atoms with Crippen LogP contribution in [0.15, 0.2) is 67.1 Å². The fourth-order valence-corrected chi connectivity index (χ4v) is 4.85. The highest BCUT2D eigenvalue weighted by molar-refractivity contribution is 5.93. The second kappa shape index (κ2) is 10.4. The second-order valence-corrected chi connectivity index (χ2v) is 9.76. The minimum absolute atomic E-state index is 0.0274. The van der Waals surface area contributed by atoms with Crippen molar-refractivity contribution < 1.29 is 18.0 Å². The summed E-state index contributed by atoms with van der Waals surface area (Å²) in [5, 5.41) is 2.68. The van der Waals surface area contributed by atoms with E-state index in [1.54, 1.807) is 18.6 Å². The van der Waals surface area contributed by atoms with Crippen molar-refractivity contribution in [3.05, 3.63) is 78.2 Å². The summed E-state index contributed by atoms with van der Waals surface area (Å²) < 4.78 is 42.9. The van der Waals surface area contributed by atoms with Crippen molar-refractivity contribution in [3.8, 4) is 5.69 Å². The molecule has 5 rings (SSSR count). The standard InChI is InChI=1S/C28H29F3N6O/c1-35-12-9-22(10-13-35)36(2)24-16-20(28(29,30)31)15-21(17-24)34-26(38)14-19-5-7-23(8-6-19)37-18-33-25-4-3-11-32-27(25)37/h3-8,11,15-18,22H,9-10,12-14H2,1-2H3,(H,34,38). The SMILES string of the molecule is CN1CCC(N(C)c2cc(NC(=O)Cc3ccc(-n4cnc5cccnc54)cc3)cc(C(F)(F)F)c2)CC1. The number of fused-ring (bicyclic) bond motifs is 1. The molecule has 1 fully saturated rings. The Hall–Kier alpha value is -3.92. The number of aromatic nitrogens is 3. The molecule has 0 radical (unpaired) electrons. The zero-order valence-corrected chi connectivity index (χ0v) is 21.2. The zero-order chi connectivity index (χ0) is 26.9. The van der Waals surface area contributed by atoms with E-state index < -0.39 is 11.7 Å². The van der Waals surface area contributed by atoms with E-state index in [0.717, 1.165) is 60.5 Å². The largest absolute Gasteiger partial charge is 0.416 e. The van der Waals surface area contributed by atoms with Gasteiger partial charge in [-0.3, -0.25) is 9.36 Å². The number of nitrogens with zero attached hydrogens (tertiary/aromatic N) is 5. The van der Waals surface area contributed by atoms with Gasteiger partial charge in [0.25, 0.3) is 0 Å². The average Bonchev–Trinajstić information content (AvgIpc) is 3.33. The van der Waals surface area contributed by atoms with E-state index in [0.29, 0.717) is 5.69 Å². The molecule has 4 aromatic rings. The topological polar surface area (TPSA) is 66.3 Å². The Bertz CT molecular complexity index is 1420. The lowest BCUT2D eigenvalue weighted by atomic mass is 10.0. The van der Waals surface area contributed by atoms with Crippen molar-refractivity contribution in [2.24, 2.45) is 0 Å². The van der Waals surface area contributed by atoms with E-state index in [1.165, 1.54) is 0 Å². The Morgan fingerprint density at radius 2 is 1.82 bits per heavy atom. The third-order valence-electron chi connectivity index (χ3n) is 7.06. The highest BCUT2D eigenvalue weighted by Crippen LogP contribution is 2.35.